The van der Waals surface area contributed by atoms with Crippen LogP contribution in [0.5, 0.6) is 0 Å². The second kappa shape index (κ2) is 7.15. The zero-order valence-electron chi connectivity index (χ0n) is 19.0. The van der Waals surface area contributed by atoms with Crippen LogP contribution in [0.25, 0.3) is 33.5 Å². The Labute approximate surface area is 187 Å². The van der Waals surface area contributed by atoms with Gasteiger partial charge in [0.25, 0.3) is 0 Å². The maximum atomic E-state index is 4.97. The fourth-order valence-corrected chi connectivity index (χ4v) is 9.50. The van der Waals surface area contributed by atoms with Crippen molar-refractivity contribution in [1.82, 2.24) is 4.98 Å². The Hall–Kier alpha value is -2.76. The highest BCUT2D eigenvalue weighted by atomic mass is 28.3. The van der Waals surface area contributed by atoms with Crippen LogP contribution in [0.3, 0.4) is 0 Å². The van der Waals surface area contributed by atoms with Gasteiger partial charge in [0.1, 0.15) is 8.07 Å². The molecule has 0 N–H and O–H groups in total. The van der Waals surface area contributed by atoms with Crippen LogP contribution in [0.2, 0.25) is 32.7 Å². The maximum absolute atomic E-state index is 4.97. The molecule has 1 aromatic heterocycles. The van der Waals surface area contributed by atoms with Crippen molar-refractivity contribution in [2.24, 2.45) is 0 Å². The van der Waals surface area contributed by atoms with Gasteiger partial charge in [0.05, 0.1) is 13.8 Å². The molecule has 2 heterocycles. The molecule has 1 aliphatic rings. The van der Waals surface area contributed by atoms with Gasteiger partial charge in [0, 0.05) is 11.8 Å². The lowest BCUT2D eigenvalue weighted by Crippen LogP contribution is -2.49. The van der Waals surface area contributed by atoms with E-state index in [9.17, 15) is 0 Å². The van der Waals surface area contributed by atoms with Crippen LogP contribution < -0.4 is 15.6 Å². The smallest absolute Gasteiger partial charge is 0.113 e. The van der Waals surface area contributed by atoms with E-state index in [1.165, 1.54) is 33.0 Å². The molecule has 0 atom stereocenters. The SMILES string of the molecule is C[Si](C)(C)c1cnc(-c2ccc3c(c2)-c2ccccc2[Si]3(C)C)cc1-c1ccccc1. The predicted molar refractivity (Wildman–Crippen MR) is 140 cm³/mol. The number of rotatable bonds is 3. The Morgan fingerprint density at radius 2 is 1.32 bits per heavy atom. The van der Waals surface area contributed by atoms with Crippen LogP contribution in [-0.2, 0) is 0 Å². The number of nitrogens with zero attached hydrogens (tertiary/aromatic N) is 1. The van der Waals surface area contributed by atoms with E-state index >= 15 is 0 Å². The molecule has 0 bridgehead atoms. The van der Waals surface area contributed by atoms with E-state index in [1.54, 1.807) is 10.4 Å². The molecule has 31 heavy (non-hydrogen) atoms. The highest BCUT2D eigenvalue weighted by molar-refractivity contribution is 7.03. The van der Waals surface area contributed by atoms with Crippen LogP contribution >= 0.6 is 0 Å². The van der Waals surface area contributed by atoms with Crippen molar-refractivity contribution >= 4 is 31.7 Å². The van der Waals surface area contributed by atoms with E-state index in [1.807, 2.05) is 0 Å². The van der Waals surface area contributed by atoms with Crippen molar-refractivity contribution in [3.8, 4) is 33.5 Å². The van der Waals surface area contributed by atoms with E-state index in [-0.39, 0.29) is 0 Å². The Kier molecular flexibility index (Phi) is 4.65. The summed E-state index contributed by atoms with van der Waals surface area (Å²) in [5.74, 6) is 0. The molecule has 0 radical (unpaired) electrons. The van der Waals surface area contributed by atoms with Crippen molar-refractivity contribution in [2.75, 3.05) is 0 Å². The maximum Gasteiger partial charge on any atom is 0.113 e. The lowest BCUT2D eigenvalue weighted by Gasteiger charge is -2.22. The van der Waals surface area contributed by atoms with E-state index in [2.05, 4.69) is 118 Å². The van der Waals surface area contributed by atoms with Crippen molar-refractivity contribution in [2.45, 2.75) is 32.7 Å². The minimum absolute atomic E-state index is 1.06. The molecule has 154 valence electrons. The minimum Gasteiger partial charge on any atom is -0.256 e. The Morgan fingerprint density at radius 3 is 2.06 bits per heavy atom. The lowest BCUT2D eigenvalue weighted by molar-refractivity contribution is 1.34. The second-order valence-electron chi connectivity index (χ2n) is 10.2. The Morgan fingerprint density at radius 1 is 0.645 bits per heavy atom. The summed E-state index contributed by atoms with van der Waals surface area (Å²) >= 11 is 0. The molecule has 0 aliphatic carbocycles. The zero-order chi connectivity index (χ0) is 21.8. The van der Waals surface area contributed by atoms with Gasteiger partial charge in [-0.05, 0) is 49.9 Å². The molecule has 3 heteroatoms. The van der Waals surface area contributed by atoms with Crippen molar-refractivity contribution in [1.29, 1.82) is 0 Å². The Balaban J connectivity index is 1.68. The molecule has 0 amide bonds. The van der Waals surface area contributed by atoms with Gasteiger partial charge in [-0.25, -0.2) is 0 Å². The summed E-state index contributed by atoms with van der Waals surface area (Å²) in [7, 11) is -3.14. The van der Waals surface area contributed by atoms with Gasteiger partial charge in [0.2, 0.25) is 0 Å². The van der Waals surface area contributed by atoms with Gasteiger partial charge in [-0.15, -0.1) is 0 Å². The number of pyridine rings is 1. The third-order valence-corrected chi connectivity index (χ3v) is 12.3. The highest BCUT2D eigenvalue weighted by Crippen LogP contribution is 2.32. The van der Waals surface area contributed by atoms with Crippen LogP contribution in [0.4, 0.5) is 0 Å². The summed E-state index contributed by atoms with van der Waals surface area (Å²) in [6, 6.07) is 29.1. The van der Waals surface area contributed by atoms with Gasteiger partial charge >= 0.3 is 0 Å². The summed E-state index contributed by atoms with van der Waals surface area (Å²) in [5, 5.41) is 4.51. The van der Waals surface area contributed by atoms with E-state index in [0.29, 0.717) is 0 Å². The summed E-state index contributed by atoms with van der Waals surface area (Å²) < 4.78 is 0. The summed E-state index contributed by atoms with van der Waals surface area (Å²) in [4.78, 5) is 4.97. The van der Waals surface area contributed by atoms with Gasteiger partial charge in [-0.1, -0.05) is 99.5 Å². The third-order valence-electron chi connectivity index (χ3n) is 6.68. The van der Waals surface area contributed by atoms with Crippen LogP contribution in [0, 0.1) is 0 Å². The van der Waals surface area contributed by atoms with Crippen LogP contribution in [0.15, 0.2) is 85.1 Å². The number of fused-ring (bicyclic) bond motifs is 3. The molecule has 0 spiro atoms. The zero-order valence-corrected chi connectivity index (χ0v) is 21.0. The average Bonchev–Trinajstić information content (AvgIpc) is 3.00. The lowest BCUT2D eigenvalue weighted by atomic mass is 9.99. The molecule has 1 aliphatic heterocycles. The summed E-state index contributed by atoms with van der Waals surface area (Å²) in [6.07, 6.45) is 2.14. The quantitative estimate of drug-likeness (QED) is 0.373. The fourth-order valence-electron chi connectivity index (χ4n) is 4.95. The summed E-state index contributed by atoms with van der Waals surface area (Å²) in [5.41, 5.74) is 7.70. The van der Waals surface area contributed by atoms with Crippen molar-refractivity contribution < 1.29 is 0 Å². The number of benzene rings is 3. The molecule has 1 nitrogen and oxygen atoms in total. The normalized spacial score (nSPS) is 14.2. The first-order valence-corrected chi connectivity index (χ1v) is 17.6. The second-order valence-corrected chi connectivity index (χ2v) is 19.5. The number of aromatic nitrogens is 1. The first-order valence-electron chi connectivity index (χ1n) is 11.1. The monoisotopic (exact) mass is 435 g/mol. The van der Waals surface area contributed by atoms with Gasteiger partial charge in [0.15, 0.2) is 0 Å². The first kappa shape index (κ1) is 20.2. The van der Waals surface area contributed by atoms with Crippen LogP contribution in [0.1, 0.15) is 0 Å². The number of hydrogen-bond acceptors (Lipinski definition) is 1. The largest absolute Gasteiger partial charge is 0.256 e. The van der Waals surface area contributed by atoms with Crippen molar-refractivity contribution in [3.05, 3.63) is 85.1 Å². The van der Waals surface area contributed by atoms with E-state index < -0.39 is 16.1 Å². The van der Waals surface area contributed by atoms with Crippen LogP contribution in [-0.4, -0.2) is 21.1 Å². The average molecular weight is 436 g/mol. The highest BCUT2D eigenvalue weighted by Gasteiger charge is 2.37. The van der Waals surface area contributed by atoms with E-state index in [4.69, 9.17) is 4.98 Å². The van der Waals surface area contributed by atoms with Gasteiger partial charge in [-0.3, -0.25) is 4.98 Å². The van der Waals surface area contributed by atoms with Crippen molar-refractivity contribution in [3.63, 3.8) is 0 Å². The minimum atomic E-state index is -1.62. The number of hydrogen-bond donors (Lipinski definition) is 0. The molecular formula is C28H29NSi2. The first-order chi connectivity index (χ1) is 14.8. The summed E-state index contributed by atoms with van der Waals surface area (Å²) in [6.45, 7) is 12.1. The van der Waals surface area contributed by atoms with Gasteiger partial charge < -0.3 is 0 Å². The molecule has 0 fully saturated rings. The van der Waals surface area contributed by atoms with E-state index in [0.717, 1.165) is 5.69 Å². The fraction of sp³-hybridized carbons (Fsp3) is 0.179. The molecule has 0 unspecified atom stereocenters. The Bertz CT molecular complexity index is 1280. The molecule has 0 saturated carbocycles. The molecule has 4 aromatic rings. The molecule has 3 aromatic carbocycles. The predicted octanol–water partition coefficient (Wildman–Crippen LogP) is 5.76. The van der Waals surface area contributed by atoms with Gasteiger partial charge in [-0.2, -0.15) is 0 Å². The third kappa shape index (κ3) is 3.33. The molecule has 5 rings (SSSR count). The molecule has 0 saturated heterocycles. The molecular weight excluding hydrogens is 406 g/mol. The topological polar surface area (TPSA) is 12.9 Å². The standard InChI is InChI=1S/C28H29NSi2/c1-30(2,3)28-19-29-25(18-23(28)20-11-7-6-8-12-20)21-15-16-27-24(17-21)22-13-9-10-14-26(22)31(27,4)5/h6-19H,1-5H3.